The first-order valence-electron chi connectivity index (χ1n) is 1.02. The van der Waals surface area contributed by atoms with Gasteiger partial charge >= 0.3 is 48.0 Å². The molecule has 1 aliphatic rings. The van der Waals surface area contributed by atoms with Crippen molar-refractivity contribution in [3.8, 4) is 0 Å². The summed E-state index contributed by atoms with van der Waals surface area (Å²) >= 11 is 3.43. The molecular formula is CO2PbS. The molecule has 0 aliphatic carbocycles. The molecule has 1 fully saturated rings. The van der Waals surface area contributed by atoms with Crippen LogP contribution in [0.1, 0.15) is 0 Å². The molecule has 0 aromatic rings. The van der Waals surface area contributed by atoms with E-state index < -0.39 is 25.1 Å². The van der Waals surface area contributed by atoms with Crippen LogP contribution in [0.25, 0.3) is 0 Å². The molecule has 0 amide bonds. The second-order valence-corrected chi connectivity index (χ2v) is 3.11. The zero-order valence-corrected chi connectivity index (χ0v) is 6.93. The molecule has 0 N–H and O–H groups in total. The molecule has 1 heterocycles. The van der Waals surface area contributed by atoms with Crippen LogP contribution in [0.2, 0.25) is 0 Å². The molecule has 2 radical (unpaired) electrons. The second kappa shape index (κ2) is 1.38. The third-order valence-electron chi connectivity index (χ3n) is 0.250. The first-order chi connectivity index (χ1) is 2.39. The molecule has 2 nitrogen and oxygen atoms in total. The van der Waals surface area contributed by atoms with Gasteiger partial charge in [-0.1, -0.05) is 0 Å². The molecule has 0 saturated carbocycles. The van der Waals surface area contributed by atoms with Crippen LogP contribution in [0.4, 0.5) is 0 Å². The van der Waals surface area contributed by atoms with Crippen molar-refractivity contribution in [3.63, 3.8) is 0 Å². The van der Waals surface area contributed by atoms with E-state index in [2.05, 4.69) is 17.6 Å². The Morgan fingerprint density at radius 1 is 1.60 bits per heavy atom. The Kier molecular flexibility index (Phi) is 1.04. The van der Waals surface area contributed by atoms with Gasteiger partial charge in [-0.3, -0.25) is 0 Å². The van der Waals surface area contributed by atoms with Gasteiger partial charge in [0.15, 0.2) is 0 Å². The molecule has 0 unspecified atom stereocenters. The van der Waals surface area contributed by atoms with E-state index in [1.54, 1.807) is 0 Å². The summed E-state index contributed by atoms with van der Waals surface area (Å²) in [5.41, 5.74) is 0. The zero-order valence-electron chi connectivity index (χ0n) is 2.22. The van der Waals surface area contributed by atoms with E-state index in [9.17, 15) is 0 Å². The number of rotatable bonds is 0. The molecule has 0 bridgehead atoms. The predicted molar refractivity (Wildman–Crippen MR) is 20.5 cm³/mol. The average Bonchev–Trinajstić information content (AvgIpc) is 1.30. The van der Waals surface area contributed by atoms with Crippen LogP contribution < -0.4 is 0 Å². The van der Waals surface area contributed by atoms with Gasteiger partial charge in [0, 0.05) is 0 Å². The topological polar surface area (TPSA) is 18.5 Å². The maximum absolute atomic E-state index is 4.63. The number of hydrogen-bond donors (Lipinski definition) is 0. The van der Waals surface area contributed by atoms with Crippen LogP contribution in [0.5, 0.6) is 0 Å². The van der Waals surface area contributed by atoms with Crippen molar-refractivity contribution >= 4 is 42.6 Å². The third-order valence-corrected chi connectivity index (χ3v) is 3.66. The van der Waals surface area contributed by atoms with Crippen LogP contribution in [0.15, 0.2) is 0 Å². The first kappa shape index (κ1) is 3.79. The fourth-order valence-electron chi connectivity index (χ4n) is 0.0757. The minimum absolute atomic E-state index is 0.355. The summed E-state index contributed by atoms with van der Waals surface area (Å²) in [5, 5.41) is 0.355. The third kappa shape index (κ3) is 0.720. The van der Waals surface area contributed by atoms with Crippen molar-refractivity contribution in [2.24, 2.45) is 0 Å². The van der Waals surface area contributed by atoms with Gasteiger partial charge < -0.3 is 0 Å². The Hall–Kier alpha value is 0.612. The molecule has 0 spiro atoms. The van der Waals surface area contributed by atoms with Crippen molar-refractivity contribution < 1.29 is 5.37 Å². The quantitative estimate of drug-likeness (QED) is 0.455. The first-order valence-corrected chi connectivity index (χ1v) is 4.60. The molecule has 0 aromatic heterocycles. The van der Waals surface area contributed by atoms with Crippen molar-refractivity contribution in [1.82, 2.24) is 0 Å². The van der Waals surface area contributed by atoms with E-state index >= 15 is 0 Å². The van der Waals surface area contributed by atoms with Crippen LogP contribution in [-0.4, -0.2) is 30.4 Å². The van der Waals surface area contributed by atoms with Crippen LogP contribution in [0.3, 0.4) is 0 Å². The Bertz CT molecular complexity index is 56.7. The minimum atomic E-state index is -0.956. The van der Waals surface area contributed by atoms with E-state index in [1.165, 1.54) is 0 Å². The van der Waals surface area contributed by atoms with E-state index in [1.807, 2.05) is 0 Å². The van der Waals surface area contributed by atoms with Crippen molar-refractivity contribution in [2.45, 2.75) is 0 Å². The Morgan fingerprint density at radius 2 is 2.00 bits per heavy atom. The maximum atomic E-state index is 4.63. The molecule has 0 aromatic carbocycles. The molecule has 1 aliphatic heterocycles. The molecule has 0 atom stereocenters. The van der Waals surface area contributed by atoms with Crippen LogP contribution in [-0.2, 0) is 5.37 Å². The van der Waals surface area contributed by atoms with Crippen molar-refractivity contribution in [1.29, 1.82) is 0 Å². The number of hydrogen-bond acceptors (Lipinski definition) is 3. The average molecular weight is 283 g/mol. The summed E-state index contributed by atoms with van der Waals surface area (Å²) < 4.78 is 9.27. The fourth-order valence-corrected chi connectivity index (χ4v) is 1.26. The predicted octanol–water partition coefficient (Wildman–Crippen LogP) is -0.148. The zero-order chi connectivity index (χ0) is 3.70. The molecule has 4 heteroatoms. The summed E-state index contributed by atoms with van der Waals surface area (Å²) in [7, 11) is 0. The van der Waals surface area contributed by atoms with E-state index in [-0.39, 0.29) is 0 Å². The van der Waals surface area contributed by atoms with Gasteiger partial charge in [0.1, 0.15) is 0 Å². The summed E-state index contributed by atoms with van der Waals surface area (Å²) in [6.45, 7) is 0. The van der Waals surface area contributed by atoms with E-state index in [4.69, 9.17) is 0 Å². The van der Waals surface area contributed by atoms with Gasteiger partial charge in [-0.05, 0) is 0 Å². The SMILES string of the molecule is S=C1[O][Pb][O]1. The van der Waals surface area contributed by atoms with Gasteiger partial charge in [0.2, 0.25) is 0 Å². The molecule has 5 heavy (non-hydrogen) atoms. The molecule has 1 saturated heterocycles. The summed E-state index contributed by atoms with van der Waals surface area (Å²) in [5.74, 6) is 0. The van der Waals surface area contributed by atoms with Crippen molar-refractivity contribution in [3.05, 3.63) is 0 Å². The summed E-state index contributed by atoms with van der Waals surface area (Å²) in [4.78, 5) is 0. The monoisotopic (exact) mass is 284 g/mol. The van der Waals surface area contributed by atoms with Gasteiger partial charge in [-0.2, -0.15) is 0 Å². The van der Waals surface area contributed by atoms with Crippen LogP contribution >= 0.6 is 12.2 Å². The molecule has 1 rings (SSSR count). The van der Waals surface area contributed by atoms with Gasteiger partial charge in [-0.25, -0.2) is 0 Å². The Morgan fingerprint density at radius 3 is 2.00 bits per heavy atom. The Labute approximate surface area is 48.0 Å². The summed E-state index contributed by atoms with van der Waals surface area (Å²) in [6, 6.07) is 0. The van der Waals surface area contributed by atoms with Gasteiger partial charge in [-0.15, -0.1) is 0 Å². The second-order valence-electron chi connectivity index (χ2n) is 0.537. The summed E-state index contributed by atoms with van der Waals surface area (Å²) in [6.07, 6.45) is 0. The standard InChI is InChI=1S/CH2O2S.Pb/c2-1(3)4;/h(H2,2,3,4);/q;+2/p-2. The van der Waals surface area contributed by atoms with E-state index in [0.29, 0.717) is 5.24 Å². The van der Waals surface area contributed by atoms with Crippen LogP contribution in [0, 0.1) is 0 Å². The molecule has 26 valence electrons. The Balaban J connectivity index is 2.32. The van der Waals surface area contributed by atoms with Gasteiger partial charge in [0.05, 0.1) is 0 Å². The number of thiocarbonyl (C=S) groups is 1. The van der Waals surface area contributed by atoms with E-state index in [0.717, 1.165) is 0 Å². The van der Waals surface area contributed by atoms with Gasteiger partial charge in [0.25, 0.3) is 0 Å². The normalized spacial score (nSPS) is 18.8. The molecular weight excluding hydrogens is 283 g/mol. The van der Waals surface area contributed by atoms with Crippen molar-refractivity contribution in [2.75, 3.05) is 0 Å². The fraction of sp³-hybridized carbons (Fsp3) is 0.